The van der Waals surface area contributed by atoms with Crippen molar-refractivity contribution in [2.75, 3.05) is 18.4 Å². The molecule has 1 aromatic rings. The van der Waals surface area contributed by atoms with Crippen LogP contribution in [-0.4, -0.2) is 31.0 Å². The molecule has 0 saturated heterocycles. The maximum atomic E-state index is 11.9. The van der Waals surface area contributed by atoms with Crippen LogP contribution in [0.4, 0.5) is 5.69 Å². The van der Waals surface area contributed by atoms with E-state index in [0.717, 1.165) is 11.1 Å². The van der Waals surface area contributed by atoms with Gasteiger partial charge in [0.1, 0.15) is 19.1 Å². The minimum Gasteiger partial charge on any atom is -0.544 e. The summed E-state index contributed by atoms with van der Waals surface area (Å²) >= 11 is 0. The number of hydrogen-bond donors (Lipinski definition) is 3. The summed E-state index contributed by atoms with van der Waals surface area (Å²) in [6.45, 7) is 5.02. The summed E-state index contributed by atoms with van der Waals surface area (Å²) in [6, 6.07) is 4.80. The van der Waals surface area contributed by atoms with Crippen molar-refractivity contribution in [2.24, 2.45) is 0 Å². The second kappa shape index (κ2) is 7.62. The SMILES string of the molecule is Cc1ccc(NC(=O)C[C@@H]([NH2+]CC[NH3+])C(=O)[O-])c(C)c1. The molecule has 110 valence electrons. The third kappa shape index (κ3) is 4.99. The highest BCUT2D eigenvalue weighted by Gasteiger charge is 2.18. The van der Waals surface area contributed by atoms with E-state index >= 15 is 0 Å². The number of hydrogen-bond acceptors (Lipinski definition) is 3. The van der Waals surface area contributed by atoms with Crippen LogP contribution in [0.2, 0.25) is 0 Å². The van der Waals surface area contributed by atoms with E-state index in [2.05, 4.69) is 11.1 Å². The smallest absolute Gasteiger partial charge is 0.230 e. The first-order valence-corrected chi connectivity index (χ1v) is 6.64. The van der Waals surface area contributed by atoms with Crippen LogP contribution in [0.1, 0.15) is 17.5 Å². The molecule has 1 rings (SSSR count). The fourth-order valence-electron chi connectivity index (χ4n) is 1.94. The number of nitrogens with one attached hydrogen (secondary N) is 1. The van der Waals surface area contributed by atoms with Gasteiger partial charge in [0.15, 0.2) is 0 Å². The number of carbonyl (C=O) groups is 2. The lowest BCUT2D eigenvalue weighted by Gasteiger charge is -2.16. The first-order valence-electron chi connectivity index (χ1n) is 6.64. The van der Waals surface area contributed by atoms with Gasteiger partial charge in [0.25, 0.3) is 0 Å². The van der Waals surface area contributed by atoms with Gasteiger partial charge in [-0.15, -0.1) is 0 Å². The number of rotatable bonds is 7. The van der Waals surface area contributed by atoms with E-state index in [1.54, 1.807) is 5.32 Å². The standard InChI is InChI=1S/C14H21N3O3/c1-9-3-4-11(10(2)7-9)17-13(18)8-12(14(19)20)16-6-5-15/h3-4,7,12,16H,5-6,8,15H2,1-2H3,(H,17,18)(H,19,20)/p+1/t12-/m1/s1. The predicted molar refractivity (Wildman–Crippen MR) is 72.5 cm³/mol. The molecule has 0 aliphatic carbocycles. The quantitative estimate of drug-likeness (QED) is 0.515. The van der Waals surface area contributed by atoms with Gasteiger partial charge in [-0.25, -0.2) is 0 Å². The molecule has 6 heteroatoms. The van der Waals surface area contributed by atoms with E-state index in [9.17, 15) is 14.7 Å². The van der Waals surface area contributed by atoms with Crippen molar-refractivity contribution in [3.05, 3.63) is 29.3 Å². The number of carboxylic acids is 1. The Balaban J connectivity index is 2.63. The van der Waals surface area contributed by atoms with Gasteiger partial charge in [0.05, 0.1) is 12.4 Å². The molecule has 20 heavy (non-hydrogen) atoms. The van der Waals surface area contributed by atoms with Crippen molar-refractivity contribution in [1.82, 2.24) is 0 Å². The van der Waals surface area contributed by atoms with Crippen molar-refractivity contribution >= 4 is 17.6 Å². The van der Waals surface area contributed by atoms with Crippen molar-refractivity contribution in [3.8, 4) is 0 Å². The number of amides is 1. The zero-order valence-electron chi connectivity index (χ0n) is 11.9. The maximum absolute atomic E-state index is 11.9. The van der Waals surface area contributed by atoms with Crippen LogP contribution in [0.15, 0.2) is 18.2 Å². The number of aliphatic carboxylic acids is 1. The number of benzene rings is 1. The van der Waals surface area contributed by atoms with Crippen molar-refractivity contribution in [1.29, 1.82) is 0 Å². The number of carbonyl (C=O) groups excluding carboxylic acids is 2. The molecule has 0 bridgehead atoms. The minimum absolute atomic E-state index is 0.115. The Morgan fingerprint density at radius 2 is 2.10 bits per heavy atom. The zero-order valence-corrected chi connectivity index (χ0v) is 11.9. The Bertz CT molecular complexity index is 489. The molecule has 0 aliphatic heterocycles. The highest BCUT2D eigenvalue weighted by atomic mass is 16.4. The molecule has 1 amide bonds. The predicted octanol–water partition coefficient (Wildman–Crippen LogP) is -2.44. The first kappa shape index (κ1) is 16.1. The van der Waals surface area contributed by atoms with Gasteiger partial charge in [-0.05, 0) is 25.5 Å². The van der Waals surface area contributed by atoms with Crippen LogP contribution in [0, 0.1) is 13.8 Å². The summed E-state index contributed by atoms with van der Waals surface area (Å²) in [4.78, 5) is 22.9. The molecule has 6 N–H and O–H groups in total. The summed E-state index contributed by atoms with van der Waals surface area (Å²) in [5.41, 5.74) is 6.40. The summed E-state index contributed by atoms with van der Waals surface area (Å²) in [5, 5.41) is 15.3. The first-order chi connectivity index (χ1) is 9.43. The van der Waals surface area contributed by atoms with Gasteiger partial charge in [-0.2, -0.15) is 0 Å². The minimum atomic E-state index is -1.23. The molecule has 0 aliphatic rings. The molecule has 0 saturated carbocycles. The normalized spacial score (nSPS) is 11.9. The third-order valence-electron chi connectivity index (χ3n) is 3.02. The number of anilines is 1. The van der Waals surface area contributed by atoms with Gasteiger partial charge in [-0.3, -0.25) is 4.79 Å². The molecular weight excluding hydrogens is 258 g/mol. The van der Waals surface area contributed by atoms with Crippen LogP contribution in [-0.2, 0) is 9.59 Å². The van der Waals surface area contributed by atoms with Gasteiger partial charge >= 0.3 is 0 Å². The third-order valence-corrected chi connectivity index (χ3v) is 3.02. The van der Waals surface area contributed by atoms with E-state index in [1.165, 1.54) is 0 Å². The molecule has 0 unspecified atom stereocenters. The molecular formula is C14H22N3O3+. The van der Waals surface area contributed by atoms with Crippen molar-refractivity contribution in [3.63, 3.8) is 0 Å². The topological polar surface area (TPSA) is 113 Å². The number of quaternary nitrogens is 2. The molecule has 0 heterocycles. The molecule has 6 nitrogen and oxygen atoms in total. The zero-order chi connectivity index (χ0) is 15.1. The average Bonchev–Trinajstić information content (AvgIpc) is 2.37. The van der Waals surface area contributed by atoms with E-state index in [1.807, 2.05) is 32.0 Å². The fourth-order valence-corrected chi connectivity index (χ4v) is 1.94. The highest BCUT2D eigenvalue weighted by Crippen LogP contribution is 2.16. The average molecular weight is 280 g/mol. The Morgan fingerprint density at radius 3 is 2.65 bits per heavy atom. The Kier molecular flexibility index (Phi) is 6.14. The van der Waals surface area contributed by atoms with E-state index in [-0.39, 0.29) is 12.3 Å². The van der Waals surface area contributed by atoms with Crippen LogP contribution in [0.5, 0.6) is 0 Å². The highest BCUT2D eigenvalue weighted by molar-refractivity contribution is 5.94. The lowest BCUT2D eigenvalue weighted by Crippen LogP contribution is -2.95. The second-order valence-corrected chi connectivity index (χ2v) is 4.87. The van der Waals surface area contributed by atoms with Crippen LogP contribution in [0.3, 0.4) is 0 Å². The van der Waals surface area contributed by atoms with Crippen LogP contribution < -0.4 is 21.5 Å². The fraction of sp³-hybridized carbons (Fsp3) is 0.429. The summed E-state index contributed by atoms with van der Waals surface area (Å²) < 4.78 is 0. The van der Waals surface area contributed by atoms with E-state index < -0.39 is 12.0 Å². The van der Waals surface area contributed by atoms with Crippen molar-refractivity contribution in [2.45, 2.75) is 26.3 Å². The number of carboxylic acid groups (broad SMARTS) is 1. The van der Waals surface area contributed by atoms with Crippen LogP contribution >= 0.6 is 0 Å². The largest absolute Gasteiger partial charge is 0.544 e. The van der Waals surface area contributed by atoms with Gasteiger partial charge in [0, 0.05) is 5.69 Å². The molecule has 1 atom stereocenters. The second-order valence-electron chi connectivity index (χ2n) is 4.87. The lowest BCUT2D eigenvalue weighted by atomic mass is 10.1. The number of aryl methyl sites for hydroxylation is 2. The van der Waals surface area contributed by atoms with E-state index in [0.29, 0.717) is 18.8 Å². The Labute approximate surface area is 118 Å². The summed E-state index contributed by atoms with van der Waals surface area (Å²) in [5.74, 6) is -1.55. The maximum Gasteiger partial charge on any atom is 0.230 e. The monoisotopic (exact) mass is 280 g/mol. The molecule has 0 radical (unpaired) electrons. The summed E-state index contributed by atoms with van der Waals surface area (Å²) in [7, 11) is 0. The number of nitrogens with two attached hydrogens (primary N) is 1. The molecule has 0 aromatic heterocycles. The van der Waals surface area contributed by atoms with Crippen molar-refractivity contribution < 1.29 is 25.7 Å². The van der Waals surface area contributed by atoms with E-state index in [4.69, 9.17) is 0 Å². The summed E-state index contributed by atoms with van der Waals surface area (Å²) in [6.07, 6.45) is -0.115. The molecule has 0 fully saturated rings. The van der Waals surface area contributed by atoms with Gasteiger partial charge in [-0.1, -0.05) is 17.7 Å². The van der Waals surface area contributed by atoms with Gasteiger partial charge < -0.3 is 26.3 Å². The lowest BCUT2D eigenvalue weighted by molar-refractivity contribution is -0.695. The Morgan fingerprint density at radius 1 is 1.40 bits per heavy atom. The Hall–Kier alpha value is -1.92. The molecule has 1 aromatic carbocycles. The molecule has 0 spiro atoms. The van der Waals surface area contributed by atoms with Gasteiger partial charge in [0.2, 0.25) is 5.91 Å². The van der Waals surface area contributed by atoms with Crippen LogP contribution in [0.25, 0.3) is 0 Å².